The Morgan fingerprint density at radius 1 is 1.21 bits per heavy atom. The number of rotatable bonds is 1. The summed E-state index contributed by atoms with van der Waals surface area (Å²) >= 11 is 0. The average Bonchev–Trinajstić information content (AvgIpc) is 2.73. The average molecular weight is 260 g/mol. The SMILES string of the molecule is COc1ccc2c(c1)C(=O)N(C)CC1CN(C)CC21. The number of likely N-dealkylation sites (N-methyl/N-ethyl adjacent to an activating group) is 1. The maximum absolute atomic E-state index is 12.5. The number of carbonyl (C=O) groups excluding carboxylic acids is 1. The van der Waals surface area contributed by atoms with Crippen molar-refractivity contribution in [2.24, 2.45) is 5.92 Å². The minimum Gasteiger partial charge on any atom is -0.497 e. The number of ether oxygens (including phenoxy) is 1. The molecule has 102 valence electrons. The van der Waals surface area contributed by atoms with Crippen LogP contribution in [0.1, 0.15) is 21.8 Å². The van der Waals surface area contributed by atoms with Crippen LogP contribution in [0.2, 0.25) is 0 Å². The van der Waals surface area contributed by atoms with Crippen LogP contribution in [0, 0.1) is 5.92 Å². The van der Waals surface area contributed by atoms with Crippen molar-refractivity contribution in [1.82, 2.24) is 9.80 Å². The predicted molar refractivity (Wildman–Crippen MR) is 73.7 cm³/mol. The fourth-order valence-corrected chi connectivity index (χ4v) is 3.44. The third kappa shape index (κ3) is 2.00. The number of nitrogens with zero attached hydrogens (tertiary/aromatic N) is 2. The largest absolute Gasteiger partial charge is 0.497 e. The fraction of sp³-hybridized carbons (Fsp3) is 0.533. The third-order valence-electron chi connectivity index (χ3n) is 4.37. The molecular weight excluding hydrogens is 240 g/mol. The van der Waals surface area contributed by atoms with Gasteiger partial charge in [0.2, 0.25) is 0 Å². The zero-order valence-electron chi connectivity index (χ0n) is 11.7. The summed E-state index contributed by atoms with van der Waals surface area (Å²) < 4.78 is 5.26. The molecule has 2 atom stereocenters. The molecule has 0 saturated carbocycles. The molecule has 2 aliphatic heterocycles. The molecule has 1 aromatic carbocycles. The van der Waals surface area contributed by atoms with Gasteiger partial charge in [0, 0.05) is 38.2 Å². The monoisotopic (exact) mass is 260 g/mol. The number of hydrogen-bond donors (Lipinski definition) is 0. The molecule has 19 heavy (non-hydrogen) atoms. The zero-order chi connectivity index (χ0) is 13.6. The van der Waals surface area contributed by atoms with Gasteiger partial charge in [-0.2, -0.15) is 0 Å². The minimum absolute atomic E-state index is 0.117. The first-order valence-corrected chi connectivity index (χ1v) is 6.72. The van der Waals surface area contributed by atoms with E-state index in [1.54, 1.807) is 7.11 Å². The van der Waals surface area contributed by atoms with Gasteiger partial charge in [0.25, 0.3) is 5.91 Å². The first-order chi connectivity index (χ1) is 9.10. The Hall–Kier alpha value is -1.55. The van der Waals surface area contributed by atoms with Gasteiger partial charge in [-0.25, -0.2) is 0 Å². The van der Waals surface area contributed by atoms with Crippen molar-refractivity contribution < 1.29 is 9.53 Å². The maximum Gasteiger partial charge on any atom is 0.254 e. The van der Waals surface area contributed by atoms with Gasteiger partial charge in [0.1, 0.15) is 5.75 Å². The van der Waals surface area contributed by atoms with Crippen molar-refractivity contribution in [2.75, 3.05) is 40.8 Å². The van der Waals surface area contributed by atoms with E-state index in [1.807, 2.05) is 24.1 Å². The summed E-state index contributed by atoms with van der Waals surface area (Å²) in [7, 11) is 5.69. The normalized spacial score (nSPS) is 26.9. The van der Waals surface area contributed by atoms with Gasteiger partial charge in [-0.3, -0.25) is 4.79 Å². The van der Waals surface area contributed by atoms with Crippen molar-refractivity contribution in [2.45, 2.75) is 5.92 Å². The van der Waals surface area contributed by atoms with Crippen LogP contribution in [-0.4, -0.2) is 56.5 Å². The molecule has 0 bridgehead atoms. The van der Waals surface area contributed by atoms with E-state index in [-0.39, 0.29) is 5.91 Å². The molecule has 4 heteroatoms. The quantitative estimate of drug-likeness (QED) is 0.765. The van der Waals surface area contributed by atoms with Crippen LogP contribution < -0.4 is 4.74 Å². The van der Waals surface area contributed by atoms with Crippen LogP contribution in [0.3, 0.4) is 0 Å². The second-order valence-electron chi connectivity index (χ2n) is 5.73. The number of methoxy groups -OCH3 is 1. The smallest absolute Gasteiger partial charge is 0.254 e. The van der Waals surface area contributed by atoms with Crippen LogP contribution in [0.25, 0.3) is 0 Å². The van der Waals surface area contributed by atoms with Crippen molar-refractivity contribution in [3.63, 3.8) is 0 Å². The Kier molecular flexibility index (Phi) is 2.97. The van der Waals surface area contributed by atoms with Gasteiger partial charge in [-0.15, -0.1) is 0 Å². The number of benzene rings is 1. The lowest BCUT2D eigenvalue weighted by molar-refractivity contribution is 0.0781. The number of carbonyl (C=O) groups is 1. The Bertz CT molecular complexity index is 515. The first-order valence-electron chi connectivity index (χ1n) is 6.72. The zero-order valence-corrected chi connectivity index (χ0v) is 11.7. The lowest BCUT2D eigenvalue weighted by Crippen LogP contribution is -2.31. The van der Waals surface area contributed by atoms with Gasteiger partial charge in [-0.05, 0) is 30.7 Å². The van der Waals surface area contributed by atoms with Crippen LogP contribution in [0.15, 0.2) is 18.2 Å². The predicted octanol–water partition coefficient (Wildman–Crippen LogP) is 1.43. The summed E-state index contributed by atoms with van der Waals surface area (Å²) in [5.74, 6) is 1.87. The highest BCUT2D eigenvalue weighted by Crippen LogP contribution is 2.38. The van der Waals surface area contributed by atoms with E-state index >= 15 is 0 Å². The molecular formula is C15H20N2O2. The molecule has 1 saturated heterocycles. The Balaban J connectivity index is 2.10. The molecule has 3 rings (SSSR count). The van der Waals surface area contributed by atoms with Crippen LogP contribution in [0.4, 0.5) is 0 Å². The third-order valence-corrected chi connectivity index (χ3v) is 4.37. The summed E-state index contributed by atoms with van der Waals surface area (Å²) in [5, 5.41) is 0. The van der Waals surface area contributed by atoms with Gasteiger partial charge in [0.15, 0.2) is 0 Å². The van der Waals surface area contributed by atoms with E-state index in [2.05, 4.69) is 18.0 Å². The molecule has 1 aromatic rings. The molecule has 1 amide bonds. The second-order valence-corrected chi connectivity index (χ2v) is 5.73. The first kappa shape index (κ1) is 12.5. The summed E-state index contributed by atoms with van der Waals surface area (Å²) in [5.41, 5.74) is 1.99. The fourth-order valence-electron chi connectivity index (χ4n) is 3.44. The molecule has 2 aliphatic rings. The maximum atomic E-state index is 12.5. The van der Waals surface area contributed by atoms with E-state index < -0.39 is 0 Å². The van der Waals surface area contributed by atoms with Gasteiger partial charge in [-0.1, -0.05) is 6.07 Å². The highest BCUT2D eigenvalue weighted by atomic mass is 16.5. The minimum atomic E-state index is 0.117. The highest BCUT2D eigenvalue weighted by molar-refractivity contribution is 5.96. The number of likely N-dealkylation sites (tertiary alicyclic amines) is 1. The molecule has 0 N–H and O–H groups in total. The topological polar surface area (TPSA) is 32.8 Å². The molecule has 2 heterocycles. The molecule has 4 nitrogen and oxygen atoms in total. The van der Waals surface area contributed by atoms with Crippen LogP contribution in [-0.2, 0) is 0 Å². The van der Waals surface area contributed by atoms with E-state index in [1.165, 1.54) is 5.56 Å². The van der Waals surface area contributed by atoms with Crippen LogP contribution in [0.5, 0.6) is 5.75 Å². The van der Waals surface area contributed by atoms with Gasteiger partial charge >= 0.3 is 0 Å². The standard InChI is InChI=1S/C15H20N2O2/c1-16-7-10-8-17(2)15(18)13-6-11(19-3)4-5-12(13)14(10)9-16/h4-6,10,14H,7-9H2,1-3H3. The van der Waals surface area contributed by atoms with E-state index in [0.29, 0.717) is 11.8 Å². The Labute approximate surface area is 113 Å². The highest BCUT2D eigenvalue weighted by Gasteiger charge is 2.38. The summed E-state index contributed by atoms with van der Waals surface area (Å²) in [6.45, 7) is 2.93. The number of amides is 1. The van der Waals surface area contributed by atoms with Gasteiger partial charge in [0.05, 0.1) is 7.11 Å². The Morgan fingerprint density at radius 2 is 2.00 bits per heavy atom. The van der Waals surface area contributed by atoms with Gasteiger partial charge < -0.3 is 14.5 Å². The van der Waals surface area contributed by atoms with Crippen LogP contribution >= 0.6 is 0 Å². The number of fused-ring (bicyclic) bond motifs is 3. The van der Waals surface area contributed by atoms with E-state index in [9.17, 15) is 4.79 Å². The lowest BCUT2D eigenvalue weighted by Gasteiger charge is -2.19. The van der Waals surface area contributed by atoms with Crippen molar-refractivity contribution in [1.29, 1.82) is 0 Å². The molecule has 0 aliphatic carbocycles. The Morgan fingerprint density at radius 3 is 2.74 bits per heavy atom. The van der Waals surface area contributed by atoms with Crippen molar-refractivity contribution >= 4 is 5.91 Å². The molecule has 0 radical (unpaired) electrons. The second kappa shape index (κ2) is 4.53. The molecule has 2 unspecified atom stereocenters. The molecule has 0 spiro atoms. The lowest BCUT2D eigenvalue weighted by atomic mass is 9.87. The molecule has 0 aromatic heterocycles. The number of hydrogen-bond acceptors (Lipinski definition) is 3. The summed E-state index contributed by atoms with van der Waals surface area (Å²) in [6, 6.07) is 5.92. The van der Waals surface area contributed by atoms with Crippen molar-refractivity contribution in [3.05, 3.63) is 29.3 Å². The summed E-state index contributed by atoms with van der Waals surface area (Å²) in [6.07, 6.45) is 0. The van der Waals surface area contributed by atoms with E-state index in [0.717, 1.165) is 30.9 Å². The van der Waals surface area contributed by atoms with Crippen molar-refractivity contribution in [3.8, 4) is 5.75 Å². The van der Waals surface area contributed by atoms with E-state index in [4.69, 9.17) is 4.74 Å². The summed E-state index contributed by atoms with van der Waals surface area (Å²) in [4.78, 5) is 16.7. The molecule has 1 fully saturated rings.